The van der Waals surface area contributed by atoms with Crippen LogP contribution in [0.4, 0.5) is 5.69 Å². The largest absolute Gasteiger partial charge is 0.371 e. The van der Waals surface area contributed by atoms with Crippen molar-refractivity contribution in [1.29, 1.82) is 0 Å². The summed E-state index contributed by atoms with van der Waals surface area (Å²) in [7, 11) is 2.05. The first kappa shape index (κ1) is 18.5. The van der Waals surface area contributed by atoms with Crippen LogP contribution in [-0.4, -0.2) is 30.9 Å². The van der Waals surface area contributed by atoms with Gasteiger partial charge < -0.3 is 9.80 Å². The number of para-hydroxylation sites is 1. The fraction of sp³-hybridized carbons (Fsp3) is 0.720. The Labute approximate surface area is 170 Å². The van der Waals surface area contributed by atoms with Gasteiger partial charge in [-0.25, -0.2) is 0 Å². The average Bonchev–Trinajstić information content (AvgIpc) is 3.12. The van der Waals surface area contributed by atoms with Gasteiger partial charge in [-0.15, -0.1) is 0 Å². The van der Waals surface area contributed by atoms with Gasteiger partial charge in [-0.05, 0) is 79.7 Å². The van der Waals surface area contributed by atoms with Crippen molar-refractivity contribution in [3.63, 3.8) is 0 Å². The number of carbonyl (C=O) groups is 1. The highest BCUT2D eigenvalue weighted by molar-refractivity contribution is 5.83. The van der Waals surface area contributed by atoms with Gasteiger partial charge in [0, 0.05) is 32.4 Å². The molecule has 28 heavy (non-hydrogen) atoms. The maximum Gasteiger partial charge on any atom is 0.228 e. The Hall–Kier alpha value is -1.51. The van der Waals surface area contributed by atoms with Crippen LogP contribution in [-0.2, 0) is 11.3 Å². The van der Waals surface area contributed by atoms with Gasteiger partial charge >= 0.3 is 0 Å². The zero-order valence-corrected chi connectivity index (χ0v) is 18.0. The molecule has 1 amide bonds. The van der Waals surface area contributed by atoms with E-state index in [0.717, 1.165) is 44.8 Å². The lowest BCUT2D eigenvalue weighted by molar-refractivity contribution is -0.178. The van der Waals surface area contributed by atoms with E-state index in [4.69, 9.17) is 0 Å². The number of anilines is 1. The first-order valence-corrected chi connectivity index (χ1v) is 11.4. The zero-order chi connectivity index (χ0) is 19.6. The van der Waals surface area contributed by atoms with Gasteiger partial charge in [0.25, 0.3) is 0 Å². The van der Waals surface area contributed by atoms with Gasteiger partial charge in [-0.2, -0.15) is 0 Å². The topological polar surface area (TPSA) is 23.6 Å². The van der Waals surface area contributed by atoms with E-state index in [9.17, 15) is 4.79 Å². The molecule has 1 heterocycles. The number of nitrogens with zero attached hydrogens (tertiary/aromatic N) is 2. The van der Waals surface area contributed by atoms with Gasteiger partial charge in [-0.1, -0.05) is 32.0 Å². The molecule has 0 radical (unpaired) electrons. The molecule has 5 fully saturated rings. The second-order valence-corrected chi connectivity index (χ2v) is 11.4. The Morgan fingerprint density at radius 2 is 1.68 bits per heavy atom. The molecule has 3 heteroatoms. The van der Waals surface area contributed by atoms with Gasteiger partial charge in [0.1, 0.15) is 0 Å². The molecule has 4 saturated carbocycles. The average molecular weight is 381 g/mol. The summed E-state index contributed by atoms with van der Waals surface area (Å²) in [6.45, 7) is 7.96. The van der Waals surface area contributed by atoms with Crippen LogP contribution in [0.15, 0.2) is 24.3 Å². The molecule has 5 aliphatic rings. The van der Waals surface area contributed by atoms with Crippen LogP contribution in [0.2, 0.25) is 0 Å². The molecule has 1 aliphatic heterocycles. The molecular formula is C25H36N2O. The molecule has 0 aromatic heterocycles. The van der Waals surface area contributed by atoms with Crippen molar-refractivity contribution < 1.29 is 4.79 Å². The molecule has 3 nitrogen and oxygen atoms in total. The van der Waals surface area contributed by atoms with Crippen LogP contribution in [0.1, 0.15) is 70.8 Å². The molecule has 6 rings (SSSR count). The fourth-order valence-corrected chi connectivity index (χ4v) is 8.33. The Morgan fingerprint density at radius 1 is 1.04 bits per heavy atom. The minimum atomic E-state index is -0.0970. The summed E-state index contributed by atoms with van der Waals surface area (Å²) < 4.78 is 0. The van der Waals surface area contributed by atoms with Crippen LogP contribution < -0.4 is 4.90 Å². The molecule has 4 bridgehead atoms. The highest BCUT2D eigenvalue weighted by Crippen LogP contribution is 2.69. The first-order valence-electron chi connectivity index (χ1n) is 11.4. The van der Waals surface area contributed by atoms with E-state index in [2.05, 4.69) is 47.9 Å². The van der Waals surface area contributed by atoms with Crippen LogP contribution in [0.3, 0.4) is 0 Å². The Kier molecular flexibility index (Phi) is 4.13. The fourth-order valence-electron chi connectivity index (χ4n) is 8.33. The second kappa shape index (κ2) is 6.24. The van der Waals surface area contributed by atoms with Gasteiger partial charge in [0.05, 0.1) is 5.41 Å². The summed E-state index contributed by atoms with van der Waals surface area (Å²) in [6.07, 6.45) is 9.95. The molecule has 2 atom stereocenters. The summed E-state index contributed by atoms with van der Waals surface area (Å²) in [4.78, 5) is 18.4. The smallest absolute Gasteiger partial charge is 0.228 e. The van der Waals surface area contributed by atoms with Gasteiger partial charge in [-0.3, -0.25) is 4.79 Å². The minimum Gasteiger partial charge on any atom is -0.371 e. The van der Waals surface area contributed by atoms with Gasteiger partial charge in [0.2, 0.25) is 5.91 Å². The highest BCUT2D eigenvalue weighted by atomic mass is 16.2. The molecule has 4 aliphatic carbocycles. The van der Waals surface area contributed by atoms with E-state index in [-0.39, 0.29) is 5.41 Å². The number of rotatable bonds is 4. The van der Waals surface area contributed by atoms with E-state index in [1.807, 2.05) is 7.05 Å². The minimum absolute atomic E-state index is 0.0970. The van der Waals surface area contributed by atoms with Crippen molar-refractivity contribution in [2.24, 2.45) is 22.2 Å². The van der Waals surface area contributed by atoms with Crippen molar-refractivity contribution in [2.45, 2.75) is 71.8 Å². The lowest BCUT2D eigenvalue weighted by atomic mass is 9.40. The number of benzene rings is 1. The van der Waals surface area contributed by atoms with E-state index in [1.54, 1.807) is 0 Å². The highest BCUT2D eigenvalue weighted by Gasteiger charge is 2.63. The van der Waals surface area contributed by atoms with E-state index in [0.29, 0.717) is 16.7 Å². The molecule has 1 aromatic rings. The van der Waals surface area contributed by atoms with Crippen molar-refractivity contribution >= 4 is 11.6 Å². The van der Waals surface area contributed by atoms with Crippen LogP contribution in [0, 0.1) is 22.2 Å². The number of hydrogen-bond acceptors (Lipinski definition) is 2. The van der Waals surface area contributed by atoms with Gasteiger partial charge in [0.15, 0.2) is 0 Å². The molecule has 0 N–H and O–H groups in total. The third-order valence-corrected chi connectivity index (χ3v) is 8.27. The number of hydrogen-bond donors (Lipinski definition) is 0. The first-order chi connectivity index (χ1) is 13.3. The number of amides is 1. The Bertz CT molecular complexity index is 763. The van der Waals surface area contributed by atoms with Crippen molar-refractivity contribution in [2.75, 3.05) is 25.0 Å². The monoisotopic (exact) mass is 380 g/mol. The van der Waals surface area contributed by atoms with E-state index in [1.165, 1.54) is 43.4 Å². The predicted octanol–water partition coefficient (Wildman–Crippen LogP) is 5.24. The predicted molar refractivity (Wildman–Crippen MR) is 114 cm³/mol. The van der Waals surface area contributed by atoms with Crippen molar-refractivity contribution in [3.8, 4) is 0 Å². The lowest BCUT2D eigenvalue weighted by Crippen LogP contribution is -2.59. The Balaban J connectivity index is 1.38. The Morgan fingerprint density at radius 3 is 2.32 bits per heavy atom. The molecule has 1 aromatic carbocycles. The molecule has 1 saturated heterocycles. The zero-order valence-electron chi connectivity index (χ0n) is 18.0. The second-order valence-electron chi connectivity index (χ2n) is 11.4. The molecule has 2 unspecified atom stereocenters. The maximum atomic E-state index is 13.8. The lowest BCUT2D eigenvalue weighted by Gasteiger charge is -2.65. The van der Waals surface area contributed by atoms with Crippen LogP contribution in [0.5, 0.6) is 0 Å². The van der Waals surface area contributed by atoms with Crippen LogP contribution >= 0.6 is 0 Å². The summed E-state index contributed by atoms with van der Waals surface area (Å²) >= 11 is 0. The van der Waals surface area contributed by atoms with Crippen LogP contribution in [0.25, 0.3) is 0 Å². The van der Waals surface area contributed by atoms with E-state index < -0.39 is 0 Å². The molecule has 152 valence electrons. The SMILES string of the molecule is CN(Cc1ccccc1N1CCCC1)C(=O)C12CC3CC(C)(CC(C)(C3)C1)C2. The summed E-state index contributed by atoms with van der Waals surface area (Å²) in [6, 6.07) is 8.73. The quantitative estimate of drug-likeness (QED) is 0.713. The third kappa shape index (κ3) is 2.97. The summed E-state index contributed by atoms with van der Waals surface area (Å²) in [5.41, 5.74) is 3.32. The third-order valence-electron chi connectivity index (χ3n) is 8.27. The number of carbonyl (C=O) groups excluding carboxylic acids is 1. The summed E-state index contributed by atoms with van der Waals surface area (Å²) in [5, 5.41) is 0. The maximum absolute atomic E-state index is 13.8. The standard InChI is InChI=1S/C25H36N2O/c1-23-12-19-13-24(2,16-23)18-25(14-19,17-23)22(28)26(3)15-20-8-4-5-9-21(20)27-10-6-7-11-27/h4-5,8-9,19H,6-7,10-18H2,1-3H3. The van der Waals surface area contributed by atoms with Crippen molar-refractivity contribution in [1.82, 2.24) is 4.90 Å². The molecule has 0 spiro atoms. The summed E-state index contributed by atoms with van der Waals surface area (Å²) in [5.74, 6) is 1.19. The molecular weight excluding hydrogens is 344 g/mol. The van der Waals surface area contributed by atoms with Crippen molar-refractivity contribution in [3.05, 3.63) is 29.8 Å². The normalized spacial score (nSPS) is 38.8. The van der Waals surface area contributed by atoms with E-state index >= 15 is 0 Å².